The fourth-order valence-electron chi connectivity index (χ4n) is 3.12. The second kappa shape index (κ2) is 8.60. The fourth-order valence-corrected chi connectivity index (χ4v) is 5.34. The number of methoxy groups -OCH3 is 3. The lowest BCUT2D eigenvalue weighted by atomic mass is 10.1. The summed E-state index contributed by atoms with van der Waals surface area (Å²) in [6, 6.07) is 7.05. The summed E-state index contributed by atoms with van der Waals surface area (Å²) in [7, 11) is -0.122. The third-order valence-corrected chi connectivity index (χ3v) is 6.87. The Morgan fingerprint density at radius 3 is 2.29 bits per heavy atom. The number of carbonyl (C=O) groups excluding carboxylic acids is 1. The van der Waals surface area contributed by atoms with Crippen LogP contribution in [0, 0.1) is 0 Å². The van der Waals surface area contributed by atoms with E-state index >= 15 is 0 Å². The molecule has 0 fully saturated rings. The van der Waals surface area contributed by atoms with Crippen LogP contribution in [0.1, 0.15) is 30.2 Å². The van der Waals surface area contributed by atoms with Crippen molar-refractivity contribution < 1.29 is 27.4 Å². The number of carbonyl (C=O) groups is 1. The minimum absolute atomic E-state index is 0.0301. The summed E-state index contributed by atoms with van der Waals surface area (Å²) in [5.41, 5.74) is 0.586. The molecule has 3 aromatic rings. The zero-order valence-corrected chi connectivity index (χ0v) is 19.2. The van der Waals surface area contributed by atoms with Gasteiger partial charge in [0.05, 0.1) is 47.7 Å². The van der Waals surface area contributed by atoms with Gasteiger partial charge in [-0.15, -0.1) is 0 Å². The molecule has 0 aliphatic heterocycles. The largest absolute Gasteiger partial charge is 0.493 e. The summed E-state index contributed by atoms with van der Waals surface area (Å²) >= 11 is 0.971. The molecule has 0 radical (unpaired) electrons. The molecule has 0 spiro atoms. The molecule has 0 saturated heterocycles. The van der Waals surface area contributed by atoms with Crippen LogP contribution >= 0.6 is 11.3 Å². The summed E-state index contributed by atoms with van der Waals surface area (Å²) in [4.78, 5) is 24.2. The molecule has 0 amide bonds. The molecule has 2 aromatic carbocycles. The van der Waals surface area contributed by atoms with Gasteiger partial charge in [0.1, 0.15) is 0 Å². The van der Waals surface area contributed by atoms with Crippen molar-refractivity contribution in [2.24, 2.45) is 0 Å². The number of nitrogens with zero attached hydrogens (tertiary/aromatic N) is 1. The second-order valence-corrected chi connectivity index (χ2v) is 9.49. The zero-order chi connectivity index (χ0) is 22.9. The average Bonchev–Trinajstić information content (AvgIpc) is 3.07. The van der Waals surface area contributed by atoms with Gasteiger partial charge in [-0.05, 0) is 32.0 Å². The van der Waals surface area contributed by atoms with Crippen molar-refractivity contribution in [2.75, 3.05) is 26.1 Å². The van der Waals surface area contributed by atoms with Crippen molar-refractivity contribution >= 4 is 43.2 Å². The van der Waals surface area contributed by atoms with Crippen molar-refractivity contribution in [2.45, 2.75) is 24.8 Å². The second-order valence-electron chi connectivity index (χ2n) is 6.81. The van der Waals surface area contributed by atoms with E-state index in [1.165, 1.54) is 45.6 Å². The summed E-state index contributed by atoms with van der Waals surface area (Å²) < 4.78 is 45.9. The molecule has 3 rings (SSSR count). The van der Waals surface area contributed by atoms with Gasteiger partial charge in [-0.25, -0.2) is 13.2 Å². The molecule has 1 aromatic heterocycles. The Bertz CT molecular complexity index is 1310. The number of hydrogen-bond donors (Lipinski definition) is 1. The molecule has 0 bridgehead atoms. The highest BCUT2D eigenvalue weighted by Gasteiger charge is 2.23. The first-order valence-corrected chi connectivity index (χ1v) is 11.4. The van der Waals surface area contributed by atoms with Gasteiger partial charge in [0.2, 0.25) is 0 Å². The molecule has 1 N–H and O–H groups in total. The van der Waals surface area contributed by atoms with Crippen LogP contribution in [-0.2, 0) is 14.8 Å². The van der Waals surface area contributed by atoms with E-state index in [0.29, 0.717) is 10.2 Å². The van der Waals surface area contributed by atoms with Gasteiger partial charge in [-0.1, -0.05) is 11.3 Å². The smallest absolute Gasteiger partial charge is 0.340 e. The molecule has 166 valence electrons. The first-order valence-electron chi connectivity index (χ1n) is 9.15. The predicted molar refractivity (Wildman–Crippen MR) is 118 cm³/mol. The summed E-state index contributed by atoms with van der Waals surface area (Å²) in [5, 5.41) is 0. The maximum atomic E-state index is 13.1. The number of benzene rings is 2. The van der Waals surface area contributed by atoms with Crippen LogP contribution in [0.25, 0.3) is 10.2 Å². The normalized spacial score (nSPS) is 11.5. The van der Waals surface area contributed by atoms with E-state index in [9.17, 15) is 18.0 Å². The van der Waals surface area contributed by atoms with Crippen LogP contribution in [0.2, 0.25) is 0 Å². The van der Waals surface area contributed by atoms with E-state index in [2.05, 4.69) is 4.72 Å². The first kappa shape index (κ1) is 22.6. The van der Waals surface area contributed by atoms with Crippen LogP contribution < -0.4 is 19.1 Å². The van der Waals surface area contributed by atoms with E-state index in [0.717, 1.165) is 11.3 Å². The van der Waals surface area contributed by atoms with Gasteiger partial charge in [0.25, 0.3) is 10.0 Å². The molecule has 0 saturated carbocycles. The van der Waals surface area contributed by atoms with Crippen LogP contribution in [0.3, 0.4) is 0 Å². The lowest BCUT2D eigenvalue weighted by Crippen LogP contribution is -2.17. The first-order chi connectivity index (χ1) is 14.6. The Morgan fingerprint density at radius 2 is 1.71 bits per heavy atom. The van der Waals surface area contributed by atoms with Gasteiger partial charge in [0, 0.05) is 18.2 Å². The highest BCUT2D eigenvalue weighted by molar-refractivity contribution is 7.92. The quantitative estimate of drug-likeness (QED) is 0.532. The predicted octanol–water partition coefficient (Wildman–Crippen LogP) is 3.25. The van der Waals surface area contributed by atoms with E-state index in [1.807, 2.05) is 13.8 Å². The van der Waals surface area contributed by atoms with Crippen LogP contribution in [0.5, 0.6) is 11.5 Å². The van der Waals surface area contributed by atoms with Gasteiger partial charge in [0.15, 0.2) is 11.5 Å². The molecular formula is C20H22N2O7S2. The van der Waals surface area contributed by atoms with E-state index < -0.39 is 16.0 Å². The van der Waals surface area contributed by atoms with E-state index in [-0.39, 0.29) is 38.6 Å². The molecule has 9 nitrogen and oxygen atoms in total. The summed E-state index contributed by atoms with van der Waals surface area (Å²) in [6.45, 7) is 3.76. The SMILES string of the molecule is COC(=O)c1cc(OC)c(OC)cc1NS(=O)(=O)c1ccc2c(c1)sc(=O)n2C(C)C. The van der Waals surface area contributed by atoms with Crippen molar-refractivity contribution in [3.8, 4) is 11.5 Å². The number of fused-ring (bicyclic) bond motifs is 1. The van der Waals surface area contributed by atoms with Crippen molar-refractivity contribution in [1.29, 1.82) is 0 Å². The standard InChI is InChI=1S/C20H22N2O7S2/c1-11(2)22-15-7-6-12(8-18(15)30-20(22)24)31(25,26)21-14-10-17(28-4)16(27-3)9-13(14)19(23)29-5/h6-11,21H,1-5H3. The topological polar surface area (TPSA) is 113 Å². The third-order valence-electron chi connectivity index (χ3n) is 4.58. The fraction of sp³-hybridized carbons (Fsp3) is 0.300. The zero-order valence-electron chi connectivity index (χ0n) is 17.6. The summed E-state index contributed by atoms with van der Waals surface area (Å²) in [5.74, 6) is -0.274. The number of aromatic nitrogens is 1. The number of hydrogen-bond acceptors (Lipinski definition) is 8. The minimum Gasteiger partial charge on any atom is -0.493 e. The van der Waals surface area contributed by atoms with Crippen LogP contribution in [0.4, 0.5) is 5.69 Å². The van der Waals surface area contributed by atoms with E-state index in [1.54, 1.807) is 10.6 Å². The highest BCUT2D eigenvalue weighted by Crippen LogP contribution is 2.35. The molecule has 11 heteroatoms. The van der Waals surface area contributed by atoms with E-state index in [4.69, 9.17) is 14.2 Å². The number of esters is 1. The third kappa shape index (κ3) is 4.23. The van der Waals surface area contributed by atoms with Gasteiger partial charge in [-0.3, -0.25) is 14.1 Å². The van der Waals surface area contributed by atoms with Crippen molar-refractivity contribution in [3.05, 3.63) is 45.6 Å². The van der Waals surface area contributed by atoms with Gasteiger partial charge >= 0.3 is 10.8 Å². The Balaban J connectivity index is 2.10. The number of nitrogens with one attached hydrogen (secondary N) is 1. The number of anilines is 1. The number of ether oxygens (including phenoxy) is 3. The Labute approximate surface area is 183 Å². The summed E-state index contributed by atoms with van der Waals surface area (Å²) in [6.07, 6.45) is 0. The monoisotopic (exact) mass is 466 g/mol. The van der Waals surface area contributed by atoms with Gasteiger partial charge in [-0.2, -0.15) is 0 Å². The lowest BCUT2D eigenvalue weighted by Gasteiger charge is -2.15. The average molecular weight is 467 g/mol. The van der Waals surface area contributed by atoms with Crippen molar-refractivity contribution in [3.63, 3.8) is 0 Å². The molecule has 0 aliphatic carbocycles. The Kier molecular flexibility index (Phi) is 6.27. The molecule has 0 aliphatic rings. The highest BCUT2D eigenvalue weighted by atomic mass is 32.2. The number of rotatable bonds is 7. The molecule has 31 heavy (non-hydrogen) atoms. The van der Waals surface area contributed by atoms with Crippen molar-refractivity contribution in [1.82, 2.24) is 4.57 Å². The number of sulfonamides is 1. The Hall–Kier alpha value is -3.05. The lowest BCUT2D eigenvalue weighted by molar-refractivity contribution is 0.0601. The Morgan fingerprint density at radius 1 is 1.06 bits per heavy atom. The molecule has 0 unspecified atom stereocenters. The van der Waals surface area contributed by atoms with Crippen LogP contribution in [0.15, 0.2) is 40.0 Å². The van der Waals surface area contributed by atoms with Crippen LogP contribution in [-0.4, -0.2) is 40.3 Å². The molecular weight excluding hydrogens is 444 g/mol. The van der Waals surface area contributed by atoms with Gasteiger partial charge < -0.3 is 14.2 Å². The minimum atomic E-state index is -4.10. The maximum Gasteiger partial charge on any atom is 0.340 e. The molecule has 0 atom stereocenters. The number of thiazole rings is 1. The molecule has 1 heterocycles. The maximum absolute atomic E-state index is 13.1.